The largest absolute Gasteiger partial charge is 0.586 e. The van der Waals surface area contributed by atoms with E-state index < -0.39 is 24.0 Å². The molecule has 0 fully saturated rings. The van der Waals surface area contributed by atoms with Crippen LogP contribution >= 0.6 is 0 Å². The Bertz CT molecular complexity index is 432. The molecule has 0 radical (unpaired) electrons. The van der Waals surface area contributed by atoms with Gasteiger partial charge in [-0.3, -0.25) is 0 Å². The number of nitrogens with zero attached hydrogens (tertiary/aromatic N) is 1. The summed E-state index contributed by atoms with van der Waals surface area (Å²) in [4.78, 5) is 0.531. The predicted molar refractivity (Wildman–Crippen MR) is 66.0 cm³/mol. The molecule has 0 heterocycles. The molecule has 18 heavy (non-hydrogen) atoms. The van der Waals surface area contributed by atoms with E-state index in [1.807, 2.05) is 0 Å². The van der Waals surface area contributed by atoms with Gasteiger partial charge in [0.25, 0.3) is 0 Å². The molecule has 1 unspecified atom stereocenters. The van der Waals surface area contributed by atoms with Gasteiger partial charge in [-0.1, -0.05) is 22.6 Å². The SMILES string of the molecule is C/C(CCC(F)(F)F)=N/[S+]([O-])c1ccccc1C. The Labute approximate surface area is 107 Å². The zero-order chi connectivity index (χ0) is 13.8. The maximum Gasteiger partial charge on any atom is 0.389 e. The Hall–Kier alpha value is -1.01. The molecule has 0 bridgehead atoms. The molecule has 0 aliphatic heterocycles. The number of alkyl halides is 3. The molecule has 0 saturated heterocycles. The van der Waals surface area contributed by atoms with Crippen LogP contribution < -0.4 is 0 Å². The molecule has 1 rings (SSSR count). The average molecular weight is 277 g/mol. The summed E-state index contributed by atoms with van der Waals surface area (Å²) in [5, 5.41) is 0. The topological polar surface area (TPSA) is 35.4 Å². The molecule has 2 nitrogen and oxygen atoms in total. The van der Waals surface area contributed by atoms with Crippen molar-refractivity contribution >= 4 is 17.1 Å². The van der Waals surface area contributed by atoms with E-state index in [4.69, 9.17) is 0 Å². The van der Waals surface area contributed by atoms with Gasteiger partial charge in [0.2, 0.25) is 0 Å². The summed E-state index contributed by atoms with van der Waals surface area (Å²) in [7, 11) is 0. The van der Waals surface area contributed by atoms with Gasteiger partial charge < -0.3 is 4.55 Å². The molecule has 0 amide bonds. The van der Waals surface area contributed by atoms with Crippen molar-refractivity contribution in [3.05, 3.63) is 29.8 Å². The van der Waals surface area contributed by atoms with Crippen LogP contribution in [0.4, 0.5) is 13.2 Å². The lowest BCUT2D eigenvalue weighted by Gasteiger charge is -2.08. The third-order valence-corrected chi connectivity index (χ3v) is 3.60. The lowest BCUT2D eigenvalue weighted by molar-refractivity contribution is -0.132. The molecule has 1 atom stereocenters. The predicted octanol–water partition coefficient (Wildman–Crippen LogP) is 3.82. The second kappa shape index (κ2) is 6.24. The van der Waals surface area contributed by atoms with Crippen molar-refractivity contribution in [2.24, 2.45) is 4.40 Å². The molecule has 1 aromatic rings. The maximum absolute atomic E-state index is 12.0. The molecular formula is C12H14F3NOS. The Morgan fingerprint density at radius 3 is 2.50 bits per heavy atom. The first-order chi connectivity index (χ1) is 8.29. The van der Waals surface area contributed by atoms with Crippen LogP contribution in [0, 0.1) is 6.92 Å². The maximum atomic E-state index is 12.0. The average Bonchev–Trinajstić information content (AvgIpc) is 2.26. The number of hydrogen-bond acceptors (Lipinski definition) is 2. The highest BCUT2D eigenvalue weighted by Crippen LogP contribution is 2.22. The molecule has 0 saturated carbocycles. The van der Waals surface area contributed by atoms with Gasteiger partial charge in [-0.05, 0) is 26.3 Å². The van der Waals surface area contributed by atoms with Crippen LogP contribution in [0.2, 0.25) is 0 Å². The number of halogens is 3. The van der Waals surface area contributed by atoms with Gasteiger partial charge in [-0.25, -0.2) is 0 Å². The Morgan fingerprint density at radius 2 is 1.94 bits per heavy atom. The van der Waals surface area contributed by atoms with E-state index in [0.717, 1.165) is 5.56 Å². The minimum absolute atomic E-state index is 0.221. The van der Waals surface area contributed by atoms with Gasteiger partial charge in [-0.15, -0.1) is 0 Å². The highest BCUT2D eigenvalue weighted by molar-refractivity contribution is 7.90. The fourth-order valence-electron chi connectivity index (χ4n) is 1.31. The molecular weight excluding hydrogens is 263 g/mol. The minimum Gasteiger partial charge on any atom is -0.586 e. The molecule has 6 heteroatoms. The van der Waals surface area contributed by atoms with Gasteiger partial charge in [0, 0.05) is 12.0 Å². The van der Waals surface area contributed by atoms with Crippen molar-refractivity contribution in [1.82, 2.24) is 0 Å². The quantitative estimate of drug-likeness (QED) is 0.608. The first-order valence-corrected chi connectivity index (χ1v) is 6.49. The van der Waals surface area contributed by atoms with Gasteiger partial charge in [0.1, 0.15) is 11.4 Å². The van der Waals surface area contributed by atoms with Crippen molar-refractivity contribution in [2.75, 3.05) is 0 Å². The summed E-state index contributed by atoms with van der Waals surface area (Å²) in [6.45, 7) is 3.25. The smallest absolute Gasteiger partial charge is 0.389 e. The van der Waals surface area contributed by atoms with Crippen LogP contribution in [0.1, 0.15) is 25.3 Å². The van der Waals surface area contributed by atoms with Crippen LogP contribution in [0.15, 0.2) is 33.6 Å². The molecule has 0 aromatic heterocycles. The highest BCUT2D eigenvalue weighted by Gasteiger charge is 2.27. The number of hydrogen-bond donors (Lipinski definition) is 0. The summed E-state index contributed by atoms with van der Waals surface area (Å²) in [6.07, 6.45) is -5.37. The van der Waals surface area contributed by atoms with Crippen molar-refractivity contribution in [1.29, 1.82) is 0 Å². The highest BCUT2D eigenvalue weighted by atomic mass is 32.2. The Morgan fingerprint density at radius 1 is 1.33 bits per heavy atom. The van der Waals surface area contributed by atoms with E-state index in [1.165, 1.54) is 6.92 Å². The zero-order valence-electron chi connectivity index (χ0n) is 10.1. The Balaban J connectivity index is 2.68. The molecule has 0 N–H and O–H groups in total. The second-order valence-corrected chi connectivity index (χ2v) is 5.08. The number of aryl methyl sites for hydroxylation is 1. The van der Waals surface area contributed by atoms with Crippen LogP contribution in [0.3, 0.4) is 0 Å². The number of benzene rings is 1. The lowest BCUT2D eigenvalue weighted by Crippen LogP contribution is -2.10. The first-order valence-electron chi connectivity index (χ1n) is 5.38. The third kappa shape index (κ3) is 5.10. The summed E-state index contributed by atoms with van der Waals surface area (Å²) in [6, 6.07) is 6.97. The van der Waals surface area contributed by atoms with Crippen molar-refractivity contribution in [3.8, 4) is 0 Å². The van der Waals surface area contributed by atoms with Crippen LogP contribution in [0.5, 0.6) is 0 Å². The normalized spacial score (nSPS) is 14.7. The van der Waals surface area contributed by atoms with E-state index in [2.05, 4.69) is 4.40 Å². The van der Waals surface area contributed by atoms with E-state index in [0.29, 0.717) is 4.90 Å². The Kier molecular flexibility index (Phi) is 5.22. The monoisotopic (exact) mass is 277 g/mol. The van der Waals surface area contributed by atoms with Gasteiger partial charge >= 0.3 is 6.18 Å². The van der Waals surface area contributed by atoms with Crippen molar-refractivity contribution in [3.63, 3.8) is 0 Å². The van der Waals surface area contributed by atoms with E-state index >= 15 is 0 Å². The molecule has 0 spiro atoms. The molecule has 1 aromatic carbocycles. The second-order valence-electron chi connectivity index (χ2n) is 3.96. The number of rotatable bonds is 4. The van der Waals surface area contributed by atoms with Gasteiger partial charge in [-0.2, -0.15) is 13.2 Å². The van der Waals surface area contributed by atoms with E-state index in [9.17, 15) is 17.7 Å². The first kappa shape index (κ1) is 15.0. The van der Waals surface area contributed by atoms with Gasteiger partial charge in [0.15, 0.2) is 4.90 Å². The summed E-state index contributed by atoms with van der Waals surface area (Å²) in [5.41, 5.74) is 1.05. The van der Waals surface area contributed by atoms with Crippen LogP contribution in [-0.2, 0) is 11.4 Å². The molecule has 0 aliphatic carbocycles. The van der Waals surface area contributed by atoms with Gasteiger partial charge in [0.05, 0.1) is 5.71 Å². The van der Waals surface area contributed by atoms with E-state index in [-0.39, 0.29) is 12.1 Å². The third-order valence-electron chi connectivity index (χ3n) is 2.29. The summed E-state index contributed by atoms with van der Waals surface area (Å²) < 4.78 is 51.7. The fraction of sp³-hybridized carbons (Fsp3) is 0.417. The zero-order valence-corrected chi connectivity index (χ0v) is 10.9. The van der Waals surface area contributed by atoms with Crippen molar-refractivity contribution < 1.29 is 17.7 Å². The van der Waals surface area contributed by atoms with Crippen LogP contribution in [0.25, 0.3) is 0 Å². The molecule has 0 aliphatic rings. The standard InChI is InChI=1S/C12H14F3NOS/c1-9-5-3-4-6-11(9)18(17)16-10(2)7-8-12(13,14)15/h3-6H,7-8H2,1-2H3/b16-10-. The minimum atomic E-state index is -4.21. The summed E-state index contributed by atoms with van der Waals surface area (Å²) >= 11 is -1.63. The molecule has 100 valence electrons. The fourth-order valence-corrected chi connectivity index (χ4v) is 2.32. The van der Waals surface area contributed by atoms with Crippen molar-refractivity contribution in [2.45, 2.75) is 37.8 Å². The lowest BCUT2D eigenvalue weighted by atomic mass is 10.2. The summed E-state index contributed by atoms with van der Waals surface area (Å²) in [5.74, 6) is 0. The van der Waals surface area contributed by atoms with Crippen LogP contribution in [-0.4, -0.2) is 16.4 Å². The van der Waals surface area contributed by atoms with E-state index in [1.54, 1.807) is 31.2 Å².